The number of aryl methyl sites for hydroxylation is 2. The molecule has 0 bridgehead atoms. The molecule has 0 atom stereocenters. The number of carbonyl (C=O) groups is 1. The molecule has 0 N–H and O–H groups in total. The lowest BCUT2D eigenvalue weighted by Crippen LogP contribution is -2.49. The summed E-state index contributed by atoms with van der Waals surface area (Å²) in [6.07, 6.45) is 0.995. The van der Waals surface area contributed by atoms with Gasteiger partial charge in [0.05, 0.1) is 31.8 Å². The molecule has 3 aromatic rings. The van der Waals surface area contributed by atoms with Crippen LogP contribution >= 0.6 is 0 Å². The Bertz CT molecular complexity index is 1460. The molecule has 0 radical (unpaired) electrons. The average molecular weight is 581 g/mol. The van der Waals surface area contributed by atoms with Gasteiger partial charge in [-0.1, -0.05) is 30.3 Å². The van der Waals surface area contributed by atoms with E-state index in [0.29, 0.717) is 32.7 Å². The predicted octanol–water partition coefficient (Wildman–Crippen LogP) is 4.92. The average Bonchev–Trinajstić information content (AvgIpc) is 2.93. The fourth-order valence-corrected chi connectivity index (χ4v) is 6.79. The number of hydrogen-bond donors (Lipinski definition) is 0. The zero-order valence-electron chi connectivity index (χ0n) is 23.7. The van der Waals surface area contributed by atoms with Crippen molar-refractivity contribution >= 4 is 15.8 Å². The SMILES string of the molecule is COC(=O)COC1(c2ccc(OCc3cccc(-c4c(C)cc(OC5CCS(=O)(=O)CC5)cc4C)c3)cc2)COC1. The first-order valence-corrected chi connectivity index (χ1v) is 15.6. The molecule has 8 nitrogen and oxygen atoms in total. The van der Waals surface area contributed by atoms with Crippen molar-refractivity contribution in [2.75, 3.05) is 38.4 Å². The van der Waals surface area contributed by atoms with Crippen LogP contribution in [0.2, 0.25) is 0 Å². The van der Waals surface area contributed by atoms with Crippen LogP contribution < -0.4 is 9.47 Å². The van der Waals surface area contributed by atoms with Crippen LogP contribution in [-0.2, 0) is 41.1 Å². The summed E-state index contributed by atoms with van der Waals surface area (Å²) >= 11 is 0. The summed E-state index contributed by atoms with van der Waals surface area (Å²) in [5.41, 5.74) is 5.76. The Morgan fingerprint density at radius 1 is 0.951 bits per heavy atom. The van der Waals surface area contributed by atoms with E-state index in [1.165, 1.54) is 7.11 Å². The van der Waals surface area contributed by atoms with Gasteiger partial charge in [-0.05, 0) is 90.4 Å². The molecule has 2 aliphatic rings. The maximum atomic E-state index is 11.7. The Hall–Kier alpha value is -3.40. The van der Waals surface area contributed by atoms with Gasteiger partial charge in [-0.25, -0.2) is 13.2 Å². The van der Waals surface area contributed by atoms with E-state index in [2.05, 4.69) is 30.7 Å². The van der Waals surface area contributed by atoms with Gasteiger partial charge < -0.3 is 23.7 Å². The first-order chi connectivity index (χ1) is 19.7. The summed E-state index contributed by atoms with van der Waals surface area (Å²) in [6.45, 7) is 5.18. The molecule has 5 rings (SSSR count). The van der Waals surface area contributed by atoms with Crippen molar-refractivity contribution in [1.29, 1.82) is 0 Å². The van der Waals surface area contributed by atoms with Crippen molar-refractivity contribution in [1.82, 2.24) is 0 Å². The van der Waals surface area contributed by atoms with Gasteiger partial charge in [0.25, 0.3) is 0 Å². The second kappa shape index (κ2) is 12.2. The van der Waals surface area contributed by atoms with Crippen LogP contribution in [-0.4, -0.2) is 58.9 Å². The minimum absolute atomic E-state index is 0.0716. The van der Waals surface area contributed by atoms with Crippen LogP contribution in [0.4, 0.5) is 0 Å². The number of methoxy groups -OCH3 is 1. The predicted molar refractivity (Wildman–Crippen MR) is 155 cm³/mol. The number of ether oxygens (including phenoxy) is 5. The van der Waals surface area contributed by atoms with Gasteiger partial charge in [-0.2, -0.15) is 0 Å². The van der Waals surface area contributed by atoms with Crippen LogP contribution in [0.3, 0.4) is 0 Å². The zero-order valence-corrected chi connectivity index (χ0v) is 24.5. The van der Waals surface area contributed by atoms with Gasteiger partial charge in [0.15, 0.2) is 9.84 Å². The Morgan fingerprint density at radius 3 is 2.24 bits per heavy atom. The smallest absolute Gasteiger partial charge is 0.331 e. The summed E-state index contributed by atoms with van der Waals surface area (Å²) in [4.78, 5) is 11.5. The second-order valence-corrected chi connectivity index (χ2v) is 13.1. The molecule has 2 saturated heterocycles. The molecule has 2 aliphatic heterocycles. The Kier molecular flexibility index (Phi) is 8.68. The Labute approximate surface area is 241 Å². The molecule has 0 aliphatic carbocycles. The molecule has 9 heteroatoms. The molecule has 2 heterocycles. The van der Waals surface area contributed by atoms with Crippen molar-refractivity contribution in [3.63, 3.8) is 0 Å². The Balaban J connectivity index is 1.22. The maximum Gasteiger partial charge on any atom is 0.331 e. The van der Waals surface area contributed by atoms with E-state index in [4.69, 9.17) is 18.9 Å². The van der Waals surface area contributed by atoms with Crippen molar-refractivity contribution < 1.29 is 36.9 Å². The quantitative estimate of drug-likeness (QED) is 0.312. The number of rotatable bonds is 10. The third-order valence-corrected chi connectivity index (χ3v) is 9.39. The molecular formula is C32H36O8S. The highest BCUT2D eigenvalue weighted by Crippen LogP contribution is 2.35. The van der Waals surface area contributed by atoms with Crippen LogP contribution in [0.25, 0.3) is 11.1 Å². The lowest BCUT2D eigenvalue weighted by Gasteiger charge is -2.41. The zero-order chi connectivity index (χ0) is 29.0. The number of sulfone groups is 1. The van der Waals surface area contributed by atoms with Crippen LogP contribution in [0.5, 0.6) is 11.5 Å². The fourth-order valence-electron chi connectivity index (χ4n) is 5.34. The summed E-state index contributed by atoms with van der Waals surface area (Å²) in [7, 11) is -1.58. The van der Waals surface area contributed by atoms with E-state index >= 15 is 0 Å². The number of hydrogen-bond acceptors (Lipinski definition) is 8. The summed E-state index contributed by atoms with van der Waals surface area (Å²) in [5.74, 6) is 1.46. The van der Waals surface area contributed by atoms with E-state index in [1.807, 2.05) is 48.5 Å². The molecule has 41 heavy (non-hydrogen) atoms. The summed E-state index contributed by atoms with van der Waals surface area (Å²) < 4.78 is 51.6. The normalized spacial score (nSPS) is 17.8. The van der Waals surface area contributed by atoms with Gasteiger partial charge in [0.1, 0.15) is 36.4 Å². The van der Waals surface area contributed by atoms with Gasteiger partial charge in [0, 0.05) is 0 Å². The first-order valence-electron chi connectivity index (χ1n) is 13.8. The fraction of sp³-hybridized carbons (Fsp3) is 0.406. The van der Waals surface area contributed by atoms with Gasteiger partial charge in [-0.3, -0.25) is 0 Å². The number of esters is 1. The Morgan fingerprint density at radius 2 is 1.63 bits per heavy atom. The molecule has 0 saturated carbocycles. The lowest BCUT2D eigenvalue weighted by molar-refractivity contribution is -0.220. The largest absolute Gasteiger partial charge is 0.490 e. The standard InChI is InChI=1S/C32H36O8S/c1-22-15-29(40-28-11-13-41(34,35)14-12-28)16-23(2)31(22)25-6-4-5-24(17-25)18-38-27-9-7-26(8-10-27)32(20-37-21-32)39-19-30(33)36-3/h4-10,15-17,28H,11-14,18-21H2,1-3H3. The molecule has 3 aromatic carbocycles. The van der Waals surface area contributed by atoms with E-state index in [-0.39, 0.29) is 24.2 Å². The van der Waals surface area contributed by atoms with Crippen LogP contribution in [0, 0.1) is 13.8 Å². The topological polar surface area (TPSA) is 97.4 Å². The van der Waals surface area contributed by atoms with Gasteiger partial charge in [0.2, 0.25) is 0 Å². The maximum absolute atomic E-state index is 11.7. The minimum Gasteiger partial charge on any atom is -0.490 e. The van der Waals surface area contributed by atoms with E-state index in [0.717, 1.165) is 44.9 Å². The van der Waals surface area contributed by atoms with Crippen molar-refractivity contribution in [2.24, 2.45) is 0 Å². The monoisotopic (exact) mass is 580 g/mol. The summed E-state index contributed by atoms with van der Waals surface area (Å²) in [6, 6.07) is 20.0. The minimum atomic E-state index is -2.92. The molecule has 218 valence electrons. The highest BCUT2D eigenvalue weighted by atomic mass is 32.2. The highest BCUT2D eigenvalue weighted by molar-refractivity contribution is 7.91. The van der Waals surface area contributed by atoms with Crippen LogP contribution in [0.1, 0.15) is 35.1 Å². The molecule has 0 aromatic heterocycles. The van der Waals surface area contributed by atoms with Gasteiger partial charge >= 0.3 is 5.97 Å². The second-order valence-electron chi connectivity index (χ2n) is 10.8. The third kappa shape index (κ3) is 6.92. The lowest BCUT2D eigenvalue weighted by atomic mass is 9.91. The molecule has 0 unspecified atom stereocenters. The van der Waals surface area contributed by atoms with E-state index in [1.54, 1.807) is 0 Å². The molecule has 2 fully saturated rings. The van der Waals surface area contributed by atoms with Crippen molar-refractivity contribution in [2.45, 2.75) is 45.0 Å². The van der Waals surface area contributed by atoms with Crippen molar-refractivity contribution in [3.8, 4) is 22.6 Å². The molecular weight excluding hydrogens is 544 g/mol. The first kappa shape index (κ1) is 29.1. The highest BCUT2D eigenvalue weighted by Gasteiger charge is 2.42. The van der Waals surface area contributed by atoms with Crippen molar-refractivity contribution in [3.05, 3.63) is 82.9 Å². The van der Waals surface area contributed by atoms with E-state index < -0.39 is 21.4 Å². The number of benzene rings is 3. The molecule has 0 spiro atoms. The summed E-state index contributed by atoms with van der Waals surface area (Å²) in [5, 5.41) is 0. The molecule has 0 amide bonds. The number of carbonyl (C=O) groups excluding carboxylic acids is 1. The van der Waals surface area contributed by atoms with Gasteiger partial charge in [-0.15, -0.1) is 0 Å². The van der Waals surface area contributed by atoms with Crippen LogP contribution in [0.15, 0.2) is 60.7 Å². The third-order valence-electron chi connectivity index (χ3n) is 7.68. The van der Waals surface area contributed by atoms with E-state index in [9.17, 15) is 13.2 Å².